The third-order valence-corrected chi connectivity index (χ3v) is 5.85. The molecule has 120 valence electrons. The lowest BCUT2D eigenvalue weighted by atomic mass is 10.3. The number of methoxy groups -OCH3 is 1. The molecule has 0 aliphatic heterocycles. The van der Waals surface area contributed by atoms with E-state index in [2.05, 4.69) is 15.3 Å². The molecule has 4 rings (SSSR count). The van der Waals surface area contributed by atoms with Crippen molar-refractivity contribution in [3.8, 4) is 5.75 Å². The first-order chi connectivity index (χ1) is 11.7. The zero-order valence-electron chi connectivity index (χ0n) is 12.4. The molecule has 0 saturated carbocycles. The van der Waals surface area contributed by atoms with Crippen LogP contribution in [0.2, 0.25) is 5.02 Å². The maximum absolute atomic E-state index is 12.4. The summed E-state index contributed by atoms with van der Waals surface area (Å²) in [5.74, 6) is 0.330. The van der Waals surface area contributed by atoms with E-state index >= 15 is 0 Å². The largest absolute Gasteiger partial charge is 0.494 e. The molecule has 0 unspecified atom stereocenters. The van der Waals surface area contributed by atoms with E-state index in [0.717, 1.165) is 14.9 Å². The number of fused-ring (bicyclic) bond motifs is 2. The van der Waals surface area contributed by atoms with E-state index in [9.17, 15) is 4.79 Å². The Bertz CT molecular complexity index is 1040. The summed E-state index contributed by atoms with van der Waals surface area (Å²) in [5, 5.41) is 4.22. The van der Waals surface area contributed by atoms with E-state index in [1.807, 2.05) is 24.3 Å². The quantitative estimate of drug-likeness (QED) is 0.557. The molecule has 1 amide bonds. The number of aromatic nitrogens is 2. The molecule has 0 radical (unpaired) electrons. The highest BCUT2D eigenvalue weighted by Gasteiger charge is 2.17. The lowest BCUT2D eigenvalue weighted by Gasteiger charge is -2.00. The van der Waals surface area contributed by atoms with E-state index in [1.54, 1.807) is 19.2 Å². The van der Waals surface area contributed by atoms with E-state index in [0.29, 0.717) is 26.4 Å². The minimum atomic E-state index is -0.287. The van der Waals surface area contributed by atoms with Crippen LogP contribution in [0.5, 0.6) is 5.75 Å². The van der Waals surface area contributed by atoms with Crippen LogP contribution in [0.15, 0.2) is 36.4 Å². The van der Waals surface area contributed by atoms with Gasteiger partial charge in [-0.3, -0.25) is 10.1 Å². The zero-order valence-corrected chi connectivity index (χ0v) is 14.8. The van der Waals surface area contributed by atoms with Crippen molar-refractivity contribution in [1.29, 1.82) is 0 Å². The van der Waals surface area contributed by atoms with Crippen molar-refractivity contribution in [2.75, 3.05) is 12.4 Å². The average molecular weight is 376 g/mol. The van der Waals surface area contributed by atoms with Crippen LogP contribution in [0.1, 0.15) is 9.80 Å². The molecule has 2 aromatic carbocycles. The molecule has 2 heterocycles. The van der Waals surface area contributed by atoms with Crippen LogP contribution in [0.3, 0.4) is 0 Å². The Kier molecular flexibility index (Phi) is 3.84. The molecule has 5 nitrogen and oxygen atoms in total. The summed E-state index contributed by atoms with van der Waals surface area (Å²) >= 11 is 8.85. The topological polar surface area (TPSA) is 64.1 Å². The lowest BCUT2D eigenvalue weighted by molar-refractivity contribution is 0.102. The number of carbonyl (C=O) groups is 1. The van der Waals surface area contributed by atoms with Crippen LogP contribution >= 0.6 is 34.3 Å². The smallest absolute Gasteiger partial charge is 0.286 e. The molecule has 0 aliphatic carbocycles. The summed E-state index contributed by atoms with van der Waals surface area (Å²) in [5.41, 5.74) is 1.44. The van der Waals surface area contributed by atoms with Crippen LogP contribution in [0, 0.1) is 0 Å². The van der Waals surface area contributed by atoms with Gasteiger partial charge in [0.15, 0.2) is 10.1 Å². The Morgan fingerprint density at radius 3 is 2.79 bits per heavy atom. The van der Waals surface area contributed by atoms with Gasteiger partial charge >= 0.3 is 0 Å². The molecule has 0 atom stereocenters. The van der Waals surface area contributed by atoms with Gasteiger partial charge < -0.3 is 4.74 Å². The summed E-state index contributed by atoms with van der Waals surface area (Å²) in [7, 11) is 1.57. The van der Waals surface area contributed by atoms with Gasteiger partial charge in [-0.15, -0.1) is 11.3 Å². The Morgan fingerprint density at radius 1 is 1.17 bits per heavy atom. The molecule has 0 bridgehead atoms. The minimum Gasteiger partial charge on any atom is -0.494 e. The van der Waals surface area contributed by atoms with Crippen molar-refractivity contribution in [2.24, 2.45) is 0 Å². The van der Waals surface area contributed by atoms with Gasteiger partial charge in [0.25, 0.3) is 5.91 Å². The molecule has 0 saturated heterocycles. The maximum Gasteiger partial charge on any atom is 0.286 e. The van der Waals surface area contributed by atoms with E-state index in [-0.39, 0.29) is 5.91 Å². The molecule has 2 aromatic heterocycles. The van der Waals surface area contributed by atoms with Crippen LogP contribution in [0.25, 0.3) is 20.4 Å². The second kappa shape index (κ2) is 6.01. The number of anilines is 1. The third kappa shape index (κ3) is 2.60. The van der Waals surface area contributed by atoms with Crippen molar-refractivity contribution in [3.05, 3.63) is 46.4 Å². The maximum atomic E-state index is 12.4. The van der Waals surface area contributed by atoms with Gasteiger partial charge in [0.05, 0.1) is 27.0 Å². The van der Waals surface area contributed by atoms with Crippen molar-refractivity contribution < 1.29 is 9.53 Å². The van der Waals surface area contributed by atoms with Crippen LogP contribution in [-0.4, -0.2) is 23.0 Å². The highest BCUT2D eigenvalue weighted by atomic mass is 35.5. The number of benzene rings is 2. The van der Waals surface area contributed by atoms with Crippen molar-refractivity contribution in [1.82, 2.24) is 9.97 Å². The van der Waals surface area contributed by atoms with Gasteiger partial charge in [-0.1, -0.05) is 35.1 Å². The summed E-state index contributed by atoms with van der Waals surface area (Å²) in [6.45, 7) is 0. The fourth-order valence-corrected chi connectivity index (χ4v) is 4.30. The standard InChI is InChI=1S/C16H10ClN3O2S2/c1-22-10-7-6-8(17)13-12(10)19-16(24-13)20-14(21)15-18-9-4-2-3-5-11(9)23-15/h2-7H,1H3,(H,19,20,21). The number of rotatable bonds is 3. The molecular formula is C16H10ClN3O2S2. The number of thiazole rings is 2. The highest BCUT2D eigenvalue weighted by Crippen LogP contribution is 2.37. The molecule has 0 fully saturated rings. The molecule has 8 heteroatoms. The summed E-state index contributed by atoms with van der Waals surface area (Å²) in [6.07, 6.45) is 0. The van der Waals surface area contributed by atoms with Gasteiger partial charge in [-0.25, -0.2) is 9.97 Å². The fourth-order valence-electron chi connectivity index (χ4n) is 2.29. The summed E-state index contributed by atoms with van der Waals surface area (Å²) < 4.78 is 7.03. The Hall–Kier alpha value is -2.22. The average Bonchev–Trinajstić information content (AvgIpc) is 3.19. The molecule has 1 N–H and O–H groups in total. The number of ether oxygens (including phenoxy) is 1. The number of nitrogens with one attached hydrogen (secondary N) is 1. The summed E-state index contributed by atoms with van der Waals surface area (Å²) in [6, 6.07) is 11.1. The number of halogens is 1. The minimum absolute atomic E-state index is 0.287. The first kappa shape index (κ1) is 15.3. The first-order valence-electron chi connectivity index (χ1n) is 6.95. The zero-order chi connectivity index (χ0) is 16.7. The SMILES string of the molecule is COc1ccc(Cl)c2sc(NC(=O)c3nc4ccccc4s3)nc12. The van der Waals surface area contributed by atoms with Gasteiger partial charge in [-0.2, -0.15) is 0 Å². The van der Waals surface area contributed by atoms with Crippen LogP contribution in [0.4, 0.5) is 5.13 Å². The number of hydrogen-bond donors (Lipinski definition) is 1. The third-order valence-electron chi connectivity index (χ3n) is 3.39. The van der Waals surface area contributed by atoms with E-state index < -0.39 is 0 Å². The number of hydrogen-bond acceptors (Lipinski definition) is 6. The monoisotopic (exact) mass is 375 g/mol. The van der Waals surface area contributed by atoms with Gasteiger partial charge in [0, 0.05) is 0 Å². The number of carbonyl (C=O) groups excluding carboxylic acids is 1. The number of para-hydroxylation sites is 1. The van der Waals surface area contributed by atoms with Crippen molar-refractivity contribution >= 4 is 65.7 Å². The Balaban J connectivity index is 1.68. The molecule has 0 spiro atoms. The second-order valence-corrected chi connectivity index (χ2v) is 7.32. The van der Waals surface area contributed by atoms with Crippen LogP contribution in [-0.2, 0) is 0 Å². The number of amides is 1. The van der Waals surface area contributed by atoms with Crippen molar-refractivity contribution in [3.63, 3.8) is 0 Å². The normalized spacial score (nSPS) is 11.1. The van der Waals surface area contributed by atoms with Gasteiger partial charge in [0.2, 0.25) is 0 Å². The predicted octanol–water partition coefficient (Wildman–Crippen LogP) is 4.82. The van der Waals surface area contributed by atoms with E-state index in [4.69, 9.17) is 16.3 Å². The highest BCUT2D eigenvalue weighted by molar-refractivity contribution is 7.23. The predicted molar refractivity (Wildman–Crippen MR) is 98.8 cm³/mol. The van der Waals surface area contributed by atoms with E-state index in [1.165, 1.54) is 22.7 Å². The Morgan fingerprint density at radius 2 is 2.00 bits per heavy atom. The summed E-state index contributed by atoms with van der Waals surface area (Å²) in [4.78, 5) is 21.2. The lowest BCUT2D eigenvalue weighted by Crippen LogP contribution is -2.11. The molecular weight excluding hydrogens is 366 g/mol. The molecule has 0 aliphatic rings. The second-order valence-electron chi connectivity index (χ2n) is 4.89. The number of nitrogens with zero attached hydrogens (tertiary/aromatic N) is 2. The van der Waals surface area contributed by atoms with Gasteiger partial charge in [-0.05, 0) is 24.3 Å². The molecule has 24 heavy (non-hydrogen) atoms. The molecule has 4 aromatic rings. The first-order valence-corrected chi connectivity index (χ1v) is 8.97. The van der Waals surface area contributed by atoms with Gasteiger partial charge in [0.1, 0.15) is 11.3 Å². The van der Waals surface area contributed by atoms with Crippen molar-refractivity contribution in [2.45, 2.75) is 0 Å². The van der Waals surface area contributed by atoms with Crippen LogP contribution < -0.4 is 10.1 Å². The Labute approximate surface area is 149 Å². The fraction of sp³-hybridized carbons (Fsp3) is 0.0625.